The molecule has 0 aliphatic heterocycles. The van der Waals surface area contributed by atoms with Gasteiger partial charge in [0.1, 0.15) is 0 Å². The number of nitrogens with zero attached hydrogens (tertiary/aromatic N) is 2. The van der Waals surface area contributed by atoms with Crippen LogP contribution >= 0.6 is 0 Å². The minimum Gasteiger partial charge on any atom is -0.384 e. The first-order valence-electron chi connectivity index (χ1n) is 4.88. The topological polar surface area (TPSA) is 74.2 Å². The summed E-state index contributed by atoms with van der Waals surface area (Å²) >= 11 is 0. The summed E-state index contributed by atoms with van der Waals surface area (Å²) < 4.78 is 10.0. The van der Waals surface area contributed by atoms with Gasteiger partial charge in [0.05, 0.1) is 12.6 Å². The normalized spacial score (nSPS) is 18.4. The molecule has 0 aromatic carbocycles. The van der Waals surface area contributed by atoms with Crippen LogP contribution in [0, 0.1) is 5.92 Å². The average molecular weight is 197 g/mol. The van der Waals surface area contributed by atoms with Gasteiger partial charge in [0, 0.05) is 13.5 Å². The van der Waals surface area contributed by atoms with E-state index < -0.39 is 0 Å². The van der Waals surface area contributed by atoms with Crippen molar-refractivity contribution >= 4 is 0 Å². The van der Waals surface area contributed by atoms with Crippen molar-refractivity contribution in [2.24, 2.45) is 11.7 Å². The summed E-state index contributed by atoms with van der Waals surface area (Å²) in [5, 5.41) is 3.84. The van der Waals surface area contributed by atoms with Gasteiger partial charge in [0.2, 0.25) is 5.89 Å². The van der Waals surface area contributed by atoms with Gasteiger partial charge in [-0.25, -0.2) is 0 Å². The Morgan fingerprint density at radius 2 is 2.43 bits per heavy atom. The predicted molar refractivity (Wildman–Crippen MR) is 49.5 cm³/mol. The molecule has 1 heterocycles. The Labute approximate surface area is 82.6 Å². The van der Waals surface area contributed by atoms with E-state index in [1.165, 1.54) is 12.8 Å². The molecule has 0 radical (unpaired) electrons. The number of hydrogen-bond donors (Lipinski definition) is 1. The lowest BCUT2D eigenvalue weighted by Gasteiger charge is -2.01. The number of aromatic nitrogens is 2. The molecule has 1 fully saturated rings. The molecule has 14 heavy (non-hydrogen) atoms. The lowest BCUT2D eigenvalue weighted by atomic mass is 10.2. The Morgan fingerprint density at radius 1 is 1.64 bits per heavy atom. The minimum absolute atomic E-state index is 0.0706. The third kappa shape index (κ3) is 2.10. The highest BCUT2D eigenvalue weighted by Crippen LogP contribution is 2.38. The fourth-order valence-electron chi connectivity index (χ4n) is 1.35. The van der Waals surface area contributed by atoms with Crippen molar-refractivity contribution in [3.8, 4) is 0 Å². The largest absolute Gasteiger partial charge is 0.384 e. The maximum atomic E-state index is 5.91. The summed E-state index contributed by atoms with van der Waals surface area (Å²) in [5.74, 6) is 1.79. The van der Waals surface area contributed by atoms with E-state index in [9.17, 15) is 0 Å². The highest BCUT2D eigenvalue weighted by atomic mass is 16.5. The number of methoxy groups -OCH3 is 1. The highest BCUT2D eigenvalue weighted by molar-refractivity contribution is 4.98. The summed E-state index contributed by atoms with van der Waals surface area (Å²) in [6.45, 7) is 0.609. The summed E-state index contributed by atoms with van der Waals surface area (Å²) in [7, 11) is 1.65. The van der Waals surface area contributed by atoms with Crippen LogP contribution in [0.5, 0.6) is 0 Å². The number of nitrogens with two attached hydrogens (primary N) is 1. The van der Waals surface area contributed by atoms with E-state index in [4.69, 9.17) is 15.0 Å². The highest BCUT2D eigenvalue weighted by Gasteiger charge is 2.33. The van der Waals surface area contributed by atoms with Crippen molar-refractivity contribution in [1.29, 1.82) is 0 Å². The van der Waals surface area contributed by atoms with Crippen LogP contribution in [0.3, 0.4) is 0 Å². The zero-order chi connectivity index (χ0) is 9.97. The fourth-order valence-corrected chi connectivity index (χ4v) is 1.35. The van der Waals surface area contributed by atoms with Crippen molar-refractivity contribution in [2.75, 3.05) is 13.7 Å². The standard InChI is InChI=1S/C9H15N3O2/c1-13-5-4-7-11-9(14-12-7)8(10)6-2-3-6/h6,8H,2-5,10H2,1H3. The van der Waals surface area contributed by atoms with Crippen LogP contribution < -0.4 is 5.73 Å². The van der Waals surface area contributed by atoms with E-state index in [-0.39, 0.29) is 6.04 Å². The molecular formula is C9H15N3O2. The van der Waals surface area contributed by atoms with Crippen LogP contribution in [0.4, 0.5) is 0 Å². The van der Waals surface area contributed by atoms with Crippen molar-refractivity contribution in [3.05, 3.63) is 11.7 Å². The second-order valence-electron chi connectivity index (χ2n) is 3.65. The Balaban J connectivity index is 1.94. The zero-order valence-electron chi connectivity index (χ0n) is 8.27. The Hall–Kier alpha value is -0.940. The molecule has 1 unspecified atom stereocenters. The van der Waals surface area contributed by atoms with Gasteiger partial charge in [0.15, 0.2) is 5.82 Å². The average Bonchev–Trinajstić information content (AvgIpc) is 2.94. The molecule has 0 saturated heterocycles. The van der Waals surface area contributed by atoms with E-state index >= 15 is 0 Å². The molecule has 5 nitrogen and oxygen atoms in total. The summed E-state index contributed by atoms with van der Waals surface area (Å²) in [6, 6.07) is -0.0706. The zero-order valence-corrected chi connectivity index (χ0v) is 8.27. The van der Waals surface area contributed by atoms with Gasteiger partial charge in [-0.2, -0.15) is 4.98 Å². The van der Waals surface area contributed by atoms with Crippen molar-refractivity contribution in [1.82, 2.24) is 10.1 Å². The maximum Gasteiger partial charge on any atom is 0.243 e. The van der Waals surface area contributed by atoms with Crippen LogP contribution in [0.25, 0.3) is 0 Å². The molecule has 0 spiro atoms. The minimum atomic E-state index is -0.0706. The molecule has 1 aliphatic carbocycles. The van der Waals surface area contributed by atoms with Gasteiger partial charge >= 0.3 is 0 Å². The van der Waals surface area contributed by atoms with Gasteiger partial charge in [-0.3, -0.25) is 0 Å². The van der Waals surface area contributed by atoms with Crippen LogP contribution in [0.15, 0.2) is 4.52 Å². The summed E-state index contributed by atoms with van der Waals surface area (Å²) in [6.07, 6.45) is 3.03. The van der Waals surface area contributed by atoms with Crippen molar-refractivity contribution < 1.29 is 9.26 Å². The molecule has 2 rings (SSSR count). The van der Waals surface area contributed by atoms with E-state index in [1.807, 2.05) is 0 Å². The van der Waals surface area contributed by atoms with Crippen LogP contribution in [0.1, 0.15) is 30.6 Å². The van der Waals surface area contributed by atoms with Gasteiger partial charge in [-0.1, -0.05) is 5.16 Å². The third-order valence-electron chi connectivity index (χ3n) is 2.43. The molecule has 78 valence electrons. The number of rotatable bonds is 5. The summed E-state index contributed by atoms with van der Waals surface area (Å²) in [5.41, 5.74) is 5.91. The van der Waals surface area contributed by atoms with Crippen LogP contribution in [-0.4, -0.2) is 23.9 Å². The first-order chi connectivity index (χ1) is 6.81. The Bertz CT molecular complexity index is 296. The molecular weight excluding hydrogens is 182 g/mol. The molecule has 1 aromatic rings. The van der Waals surface area contributed by atoms with Gasteiger partial charge in [0.25, 0.3) is 0 Å². The second kappa shape index (κ2) is 4.06. The lowest BCUT2D eigenvalue weighted by Crippen LogP contribution is -2.12. The first kappa shape index (κ1) is 9.61. The van der Waals surface area contributed by atoms with E-state index in [1.54, 1.807) is 7.11 Å². The van der Waals surface area contributed by atoms with E-state index in [0.717, 1.165) is 0 Å². The van der Waals surface area contributed by atoms with Crippen molar-refractivity contribution in [3.63, 3.8) is 0 Å². The third-order valence-corrected chi connectivity index (χ3v) is 2.43. The molecule has 2 N–H and O–H groups in total. The first-order valence-corrected chi connectivity index (χ1v) is 4.88. The van der Waals surface area contributed by atoms with Gasteiger partial charge in [-0.05, 0) is 18.8 Å². The predicted octanol–water partition coefficient (Wildman–Crippen LogP) is 0.668. The molecule has 1 aliphatic rings. The van der Waals surface area contributed by atoms with Gasteiger partial charge < -0.3 is 15.0 Å². The Morgan fingerprint density at radius 3 is 3.07 bits per heavy atom. The smallest absolute Gasteiger partial charge is 0.243 e. The second-order valence-corrected chi connectivity index (χ2v) is 3.65. The fraction of sp³-hybridized carbons (Fsp3) is 0.778. The molecule has 0 amide bonds. The monoisotopic (exact) mass is 197 g/mol. The van der Waals surface area contributed by atoms with E-state index in [2.05, 4.69) is 10.1 Å². The van der Waals surface area contributed by atoms with Crippen molar-refractivity contribution in [2.45, 2.75) is 25.3 Å². The molecule has 1 atom stereocenters. The van der Waals surface area contributed by atoms with Gasteiger partial charge in [-0.15, -0.1) is 0 Å². The maximum absolute atomic E-state index is 5.91. The van der Waals surface area contributed by atoms with Crippen LogP contribution in [-0.2, 0) is 11.2 Å². The molecule has 5 heteroatoms. The summed E-state index contributed by atoms with van der Waals surface area (Å²) in [4.78, 5) is 4.23. The quantitative estimate of drug-likeness (QED) is 0.750. The SMILES string of the molecule is COCCc1noc(C(N)C2CC2)n1. The van der Waals surface area contributed by atoms with Crippen LogP contribution in [0.2, 0.25) is 0 Å². The Kier molecular flexibility index (Phi) is 2.79. The number of ether oxygens (including phenoxy) is 1. The van der Waals surface area contributed by atoms with E-state index in [0.29, 0.717) is 30.7 Å². The molecule has 1 saturated carbocycles. The molecule has 1 aromatic heterocycles. The molecule has 0 bridgehead atoms. The lowest BCUT2D eigenvalue weighted by molar-refractivity contribution is 0.199. The number of hydrogen-bond acceptors (Lipinski definition) is 5.